The summed E-state index contributed by atoms with van der Waals surface area (Å²) in [5, 5.41) is 10.4. The predicted octanol–water partition coefficient (Wildman–Crippen LogP) is 5.27. The van der Waals surface area contributed by atoms with Crippen LogP contribution in [-0.4, -0.2) is 24.3 Å². The van der Waals surface area contributed by atoms with Crippen LogP contribution in [0.5, 0.6) is 28.9 Å². The molecule has 2 aromatic carbocycles. The Morgan fingerprint density at radius 1 is 0.958 bits per heavy atom. The topological polar surface area (TPSA) is 60.8 Å². The lowest BCUT2D eigenvalue weighted by atomic mass is 10.2. The lowest BCUT2D eigenvalue weighted by molar-refractivity contribution is 0.386. The number of ether oxygens (including phenoxy) is 3. The molecule has 0 spiro atoms. The van der Waals surface area contributed by atoms with Crippen LogP contribution >= 0.6 is 31.9 Å². The van der Waals surface area contributed by atoms with Gasteiger partial charge in [0.25, 0.3) is 0 Å². The van der Waals surface area contributed by atoms with Crippen molar-refractivity contribution in [2.45, 2.75) is 0 Å². The number of hydrogen-bond donors (Lipinski definition) is 1. The van der Waals surface area contributed by atoms with E-state index in [0.717, 1.165) is 10.9 Å². The van der Waals surface area contributed by atoms with Crippen molar-refractivity contribution in [2.24, 2.45) is 0 Å². The van der Waals surface area contributed by atoms with Crippen molar-refractivity contribution in [1.29, 1.82) is 0 Å². The number of phenols is 1. The van der Waals surface area contributed by atoms with Crippen molar-refractivity contribution >= 4 is 42.8 Å². The maximum Gasteiger partial charge on any atom is 0.217 e. The molecule has 3 aromatic rings. The van der Waals surface area contributed by atoms with Gasteiger partial charge in [0, 0.05) is 11.5 Å². The number of pyridine rings is 1. The number of nitrogens with zero attached hydrogens (tertiary/aromatic N) is 1. The molecule has 1 N–H and O–H groups in total. The fourth-order valence-electron chi connectivity index (χ4n) is 2.25. The first-order valence-corrected chi connectivity index (χ1v) is 8.49. The summed E-state index contributed by atoms with van der Waals surface area (Å²) in [4.78, 5) is 4.39. The van der Waals surface area contributed by atoms with Gasteiger partial charge in [0.15, 0.2) is 5.75 Å². The average molecular weight is 455 g/mol. The number of benzene rings is 2. The van der Waals surface area contributed by atoms with Crippen LogP contribution in [0.15, 0.2) is 45.3 Å². The summed E-state index contributed by atoms with van der Waals surface area (Å²) >= 11 is 6.77. The van der Waals surface area contributed by atoms with E-state index in [4.69, 9.17) is 14.2 Å². The lowest BCUT2D eigenvalue weighted by Crippen LogP contribution is -1.93. The Morgan fingerprint density at radius 3 is 2.29 bits per heavy atom. The third-order valence-electron chi connectivity index (χ3n) is 3.35. The molecule has 0 saturated heterocycles. The molecule has 0 bridgehead atoms. The normalized spacial score (nSPS) is 10.7. The van der Waals surface area contributed by atoms with Gasteiger partial charge in [0.2, 0.25) is 5.88 Å². The van der Waals surface area contributed by atoms with Crippen LogP contribution < -0.4 is 14.2 Å². The molecule has 3 rings (SSSR count). The summed E-state index contributed by atoms with van der Waals surface area (Å²) in [6.45, 7) is 0. The summed E-state index contributed by atoms with van der Waals surface area (Å²) in [7, 11) is 3.15. The maximum atomic E-state index is 9.59. The van der Waals surface area contributed by atoms with Crippen LogP contribution in [0.25, 0.3) is 10.9 Å². The van der Waals surface area contributed by atoms with E-state index in [2.05, 4.69) is 36.8 Å². The lowest BCUT2D eigenvalue weighted by Gasteiger charge is -2.12. The molecule has 0 fully saturated rings. The van der Waals surface area contributed by atoms with Crippen LogP contribution in [0.2, 0.25) is 0 Å². The van der Waals surface area contributed by atoms with Gasteiger partial charge in [-0.25, -0.2) is 4.98 Å². The van der Waals surface area contributed by atoms with Crippen LogP contribution in [0, 0.1) is 0 Å². The molecule has 0 unspecified atom stereocenters. The van der Waals surface area contributed by atoms with Gasteiger partial charge < -0.3 is 19.3 Å². The highest BCUT2D eigenvalue weighted by Gasteiger charge is 2.12. The van der Waals surface area contributed by atoms with E-state index in [-0.39, 0.29) is 5.75 Å². The molecule has 0 aliphatic rings. The van der Waals surface area contributed by atoms with Crippen LogP contribution in [0.3, 0.4) is 0 Å². The molecule has 0 saturated carbocycles. The first kappa shape index (κ1) is 16.9. The molecule has 0 aliphatic carbocycles. The SMILES string of the molecule is COc1cc(OC)c2cc(Oc3c(Br)cc(O)cc3Br)ccc2n1. The average Bonchev–Trinajstić information content (AvgIpc) is 2.56. The second kappa shape index (κ2) is 6.86. The zero-order valence-electron chi connectivity index (χ0n) is 12.8. The zero-order chi connectivity index (χ0) is 17.3. The van der Waals surface area contributed by atoms with Crippen molar-refractivity contribution in [3.63, 3.8) is 0 Å². The number of aromatic nitrogens is 1. The van der Waals surface area contributed by atoms with Crippen LogP contribution in [0.4, 0.5) is 0 Å². The predicted molar refractivity (Wildman–Crippen MR) is 98.4 cm³/mol. The molecule has 0 radical (unpaired) electrons. The highest BCUT2D eigenvalue weighted by Crippen LogP contribution is 2.40. The van der Waals surface area contributed by atoms with Crippen molar-refractivity contribution in [3.8, 4) is 28.9 Å². The van der Waals surface area contributed by atoms with Gasteiger partial charge in [-0.1, -0.05) is 0 Å². The Morgan fingerprint density at radius 2 is 1.67 bits per heavy atom. The van der Waals surface area contributed by atoms with Crippen LogP contribution in [0.1, 0.15) is 0 Å². The summed E-state index contributed by atoms with van der Waals surface area (Å²) < 4.78 is 17.8. The Labute approximate surface area is 155 Å². The summed E-state index contributed by atoms with van der Waals surface area (Å²) in [6.07, 6.45) is 0. The third kappa shape index (κ3) is 3.27. The van der Waals surface area contributed by atoms with Crippen molar-refractivity contribution in [1.82, 2.24) is 4.98 Å². The number of methoxy groups -OCH3 is 2. The van der Waals surface area contributed by atoms with Gasteiger partial charge >= 0.3 is 0 Å². The molecule has 1 aromatic heterocycles. The van der Waals surface area contributed by atoms with E-state index >= 15 is 0 Å². The van der Waals surface area contributed by atoms with Crippen molar-refractivity contribution in [3.05, 3.63) is 45.3 Å². The van der Waals surface area contributed by atoms with E-state index in [0.29, 0.717) is 32.1 Å². The van der Waals surface area contributed by atoms with Gasteiger partial charge in [0.1, 0.15) is 17.2 Å². The minimum atomic E-state index is 0.137. The number of rotatable bonds is 4. The van der Waals surface area contributed by atoms with Gasteiger partial charge in [-0.05, 0) is 62.2 Å². The van der Waals surface area contributed by atoms with Gasteiger partial charge in [-0.15, -0.1) is 0 Å². The second-order valence-electron chi connectivity index (χ2n) is 4.89. The summed E-state index contributed by atoms with van der Waals surface area (Å²) in [5.74, 6) is 2.44. The van der Waals surface area contributed by atoms with E-state index in [1.807, 2.05) is 12.1 Å². The number of phenolic OH excluding ortho intramolecular Hbond substituents is 1. The van der Waals surface area contributed by atoms with E-state index in [1.54, 1.807) is 38.5 Å². The molecule has 7 heteroatoms. The van der Waals surface area contributed by atoms with E-state index in [9.17, 15) is 5.11 Å². The Hall–Kier alpha value is -1.99. The fraction of sp³-hybridized carbons (Fsp3) is 0.118. The smallest absolute Gasteiger partial charge is 0.217 e. The fourth-order valence-corrected chi connectivity index (χ4v) is 3.57. The van der Waals surface area contributed by atoms with E-state index in [1.165, 1.54) is 0 Å². The second-order valence-corrected chi connectivity index (χ2v) is 6.60. The minimum absolute atomic E-state index is 0.137. The number of aromatic hydroxyl groups is 1. The van der Waals surface area contributed by atoms with Crippen molar-refractivity contribution in [2.75, 3.05) is 14.2 Å². The molecule has 24 heavy (non-hydrogen) atoms. The zero-order valence-corrected chi connectivity index (χ0v) is 16.0. The quantitative estimate of drug-likeness (QED) is 0.581. The molecule has 0 aliphatic heterocycles. The third-order valence-corrected chi connectivity index (χ3v) is 4.53. The van der Waals surface area contributed by atoms with Gasteiger partial charge in [0.05, 0.1) is 28.7 Å². The Balaban J connectivity index is 2.05. The first-order chi connectivity index (χ1) is 11.5. The Bertz CT molecular complexity index is 891. The molecular formula is C17H13Br2NO4. The maximum absolute atomic E-state index is 9.59. The molecule has 1 heterocycles. The standard InChI is InChI=1S/C17H13Br2NO4/c1-22-15-8-16(23-2)20-14-4-3-10(7-11(14)15)24-17-12(18)5-9(21)6-13(17)19/h3-8,21H,1-2H3. The first-order valence-electron chi connectivity index (χ1n) is 6.90. The molecule has 124 valence electrons. The van der Waals surface area contributed by atoms with Crippen LogP contribution in [-0.2, 0) is 0 Å². The highest BCUT2D eigenvalue weighted by atomic mass is 79.9. The van der Waals surface area contributed by atoms with Gasteiger partial charge in [-0.2, -0.15) is 0 Å². The number of halogens is 2. The monoisotopic (exact) mass is 453 g/mol. The number of hydrogen-bond acceptors (Lipinski definition) is 5. The summed E-state index contributed by atoms with van der Waals surface area (Å²) in [5.41, 5.74) is 0.738. The highest BCUT2D eigenvalue weighted by molar-refractivity contribution is 9.11. The largest absolute Gasteiger partial charge is 0.508 e. The van der Waals surface area contributed by atoms with Gasteiger partial charge in [-0.3, -0.25) is 0 Å². The summed E-state index contributed by atoms with van der Waals surface area (Å²) in [6, 6.07) is 10.3. The molecule has 5 nitrogen and oxygen atoms in total. The van der Waals surface area contributed by atoms with E-state index < -0.39 is 0 Å². The number of fused-ring (bicyclic) bond motifs is 1. The molecule has 0 atom stereocenters. The minimum Gasteiger partial charge on any atom is -0.508 e. The van der Waals surface area contributed by atoms with Crippen molar-refractivity contribution < 1.29 is 19.3 Å². The molecular weight excluding hydrogens is 442 g/mol. The Kier molecular flexibility index (Phi) is 4.82. The molecule has 0 amide bonds.